The van der Waals surface area contributed by atoms with E-state index in [1.165, 1.54) is 19.1 Å². The Hall–Kier alpha value is -2.55. The fraction of sp³-hybridized carbons (Fsp3) is 0.814. The number of Topliss-reactive ketones (excluding diaryl/α,β-unsaturated/α-hetero) is 2. The van der Waals surface area contributed by atoms with Gasteiger partial charge in [-0.2, -0.15) is 0 Å². The zero-order valence-corrected chi connectivity index (χ0v) is 35.2. The first-order chi connectivity index (χ1) is 26.4. The molecule has 0 aromatic heterocycles. The number of carbonyl (C=O) groups excluding carboxylic acids is 4. The summed E-state index contributed by atoms with van der Waals surface area (Å²) in [5.74, 6) is -7.83. The van der Waals surface area contributed by atoms with E-state index in [1.54, 1.807) is 34.0 Å². The van der Waals surface area contributed by atoms with Crippen molar-refractivity contribution in [1.29, 1.82) is 0 Å². The van der Waals surface area contributed by atoms with Crippen molar-refractivity contribution in [2.24, 2.45) is 29.4 Å². The fourth-order valence-electron chi connectivity index (χ4n) is 9.44. The Labute approximate surface area is 333 Å². The SMILES string of the molecule is CCC1/C=C(\C)C(F)C(C)CC(OC)C2OC(O)(C(=O)C(=O)N3CCCCC3C(=O)OC(C(C)=CC3(N)CCCC(OC)C3)C(C)CCC1=O)C(C)CC2OC. The predicted octanol–water partition coefficient (Wildman–Crippen LogP) is 5.56. The van der Waals surface area contributed by atoms with Crippen molar-refractivity contribution in [3.8, 4) is 0 Å². The van der Waals surface area contributed by atoms with Gasteiger partial charge in [-0.15, -0.1) is 0 Å². The quantitative estimate of drug-likeness (QED) is 0.197. The van der Waals surface area contributed by atoms with Crippen LogP contribution in [0.5, 0.6) is 0 Å². The largest absolute Gasteiger partial charge is 0.456 e. The number of carbonyl (C=O) groups is 4. The van der Waals surface area contributed by atoms with E-state index in [4.69, 9.17) is 29.4 Å². The molecule has 3 N–H and O–H groups in total. The maximum atomic E-state index is 16.2. The number of nitrogens with zero attached hydrogens (tertiary/aromatic N) is 1. The van der Waals surface area contributed by atoms with E-state index in [0.29, 0.717) is 37.7 Å². The third-order valence-electron chi connectivity index (χ3n) is 13.0. The van der Waals surface area contributed by atoms with Gasteiger partial charge in [0.25, 0.3) is 11.7 Å². The van der Waals surface area contributed by atoms with Crippen LogP contribution < -0.4 is 5.73 Å². The van der Waals surface area contributed by atoms with Gasteiger partial charge in [-0.05, 0) is 107 Å². The molecule has 13 atom stereocenters. The van der Waals surface area contributed by atoms with Gasteiger partial charge in [0.2, 0.25) is 5.79 Å². The van der Waals surface area contributed by atoms with Crippen LogP contribution in [-0.4, -0.2) is 115 Å². The van der Waals surface area contributed by atoms with Gasteiger partial charge in [0.1, 0.15) is 30.2 Å². The smallest absolute Gasteiger partial charge is 0.329 e. The second-order valence-electron chi connectivity index (χ2n) is 17.3. The van der Waals surface area contributed by atoms with Crippen LogP contribution in [0.4, 0.5) is 4.39 Å². The van der Waals surface area contributed by atoms with Crippen molar-refractivity contribution in [2.45, 2.75) is 173 Å². The summed E-state index contributed by atoms with van der Waals surface area (Å²) < 4.78 is 45.9. The van der Waals surface area contributed by atoms with Crippen molar-refractivity contribution in [2.75, 3.05) is 27.9 Å². The van der Waals surface area contributed by atoms with Crippen molar-refractivity contribution in [3.63, 3.8) is 0 Å². The van der Waals surface area contributed by atoms with Gasteiger partial charge in [0.05, 0.1) is 18.3 Å². The maximum Gasteiger partial charge on any atom is 0.329 e. The zero-order chi connectivity index (χ0) is 41.5. The molecule has 1 saturated carbocycles. The summed E-state index contributed by atoms with van der Waals surface area (Å²) in [4.78, 5) is 57.6. The number of aliphatic hydroxyl groups is 1. The Morgan fingerprint density at radius 2 is 1.68 bits per heavy atom. The minimum atomic E-state index is -2.56. The van der Waals surface area contributed by atoms with Crippen LogP contribution >= 0.6 is 0 Å². The van der Waals surface area contributed by atoms with E-state index in [-0.39, 0.29) is 50.0 Å². The topological polar surface area (TPSA) is 164 Å². The molecule has 0 aromatic carbocycles. The Kier molecular flexibility index (Phi) is 16.4. The van der Waals surface area contributed by atoms with Crippen LogP contribution in [-0.2, 0) is 42.9 Å². The molecule has 12 nitrogen and oxygen atoms in total. The number of allylic oxidation sites excluding steroid dienone is 2. The minimum Gasteiger partial charge on any atom is -0.456 e. The highest BCUT2D eigenvalue weighted by Gasteiger charge is 2.56. The number of ether oxygens (including phenoxy) is 5. The van der Waals surface area contributed by atoms with Gasteiger partial charge < -0.3 is 39.4 Å². The highest BCUT2D eigenvalue weighted by Crippen LogP contribution is 2.39. The Morgan fingerprint density at radius 3 is 2.32 bits per heavy atom. The van der Waals surface area contributed by atoms with Crippen LogP contribution in [0, 0.1) is 23.7 Å². The lowest BCUT2D eigenvalue weighted by Gasteiger charge is -2.47. The molecule has 56 heavy (non-hydrogen) atoms. The van der Waals surface area contributed by atoms with Gasteiger partial charge in [0, 0.05) is 51.7 Å². The summed E-state index contributed by atoms with van der Waals surface area (Å²) in [5, 5.41) is 12.0. The lowest BCUT2D eigenvalue weighted by molar-refractivity contribution is -0.302. The summed E-state index contributed by atoms with van der Waals surface area (Å²) in [6.07, 6.45) is 4.80. The van der Waals surface area contributed by atoms with Crippen LogP contribution in [0.3, 0.4) is 0 Å². The minimum absolute atomic E-state index is 0.00560. The second kappa shape index (κ2) is 19.9. The van der Waals surface area contributed by atoms with Crippen LogP contribution in [0.2, 0.25) is 0 Å². The third kappa shape index (κ3) is 10.5. The number of methoxy groups -OCH3 is 3. The number of hydrogen-bond donors (Lipinski definition) is 2. The Balaban J connectivity index is 1.78. The molecule has 1 aliphatic carbocycles. The summed E-state index contributed by atoms with van der Waals surface area (Å²) in [6.45, 7) is 10.8. The van der Waals surface area contributed by atoms with E-state index in [2.05, 4.69) is 0 Å². The molecule has 13 heteroatoms. The lowest BCUT2D eigenvalue weighted by atomic mass is 9.78. The van der Waals surface area contributed by atoms with E-state index in [1.807, 2.05) is 26.8 Å². The lowest BCUT2D eigenvalue weighted by Crippen LogP contribution is -2.64. The first kappa shape index (κ1) is 46.1. The summed E-state index contributed by atoms with van der Waals surface area (Å²) in [6, 6.07) is -1.09. The number of ketones is 2. The van der Waals surface area contributed by atoms with Crippen LogP contribution in [0.1, 0.15) is 119 Å². The van der Waals surface area contributed by atoms with Gasteiger partial charge >= 0.3 is 5.97 Å². The first-order valence-electron chi connectivity index (χ1n) is 20.8. The number of amides is 1. The molecule has 4 aliphatic rings. The highest BCUT2D eigenvalue weighted by atomic mass is 19.1. The van der Waals surface area contributed by atoms with E-state index in [9.17, 15) is 24.3 Å². The van der Waals surface area contributed by atoms with Crippen molar-refractivity contribution in [3.05, 3.63) is 23.3 Å². The predicted molar refractivity (Wildman–Crippen MR) is 209 cm³/mol. The molecule has 2 saturated heterocycles. The standard InChI is InChI=1S/C43H69FN2O10/c1-10-30-20-26(3)36(44)27(4)21-34(53-8)38-35(54-9)22-29(6)43(51,56-38)39(48)40(49)46-19-12-11-15-32(46)41(50)55-37(25(2)16-17-33(30)47)28(5)23-42(45)18-13-14-31(24-42)52-7/h20,23,25,27,29-32,34-38,51H,10-19,21-22,24,45H2,1-9H3/b26-20+,28-23?. The number of esters is 1. The monoisotopic (exact) mass is 792 g/mol. The van der Waals surface area contributed by atoms with Gasteiger partial charge in [-0.25, -0.2) is 9.18 Å². The number of rotatable bonds is 6. The third-order valence-corrected chi connectivity index (χ3v) is 13.0. The molecule has 3 fully saturated rings. The first-order valence-corrected chi connectivity index (χ1v) is 20.8. The van der Waals surface area contributed by atoms with Gasteiger partial charge in [0.15, 0.2) is 0 Å². The fourth-order valence-corrected chi connectivity index (χ4v) is 9.44. The summed E-state index contributed by atoms with van der Waals surface area (Å²) >= 11 is 0. The molecule has 1 amide bonds. The molecular weight excluding hydrogens is 723 g/mol. The van der Waals surface area contributed by atoms with Crippen molar-refractivity contribution >= 4 is 23.4 Å². The molecular formula is C43H69FN2O10. The molecule has 4 rings (SSSR count). The van der Waals surface area contributed by atoms with E-state index >= 15 is 4.39 Å². The molecule has 2 bridgehead atoms. The number of halogens is 1. The number of cyclic esters (lactones) is 1. The van der Waals surface area contributed by atoms with Crippen LogP contribution in [0.15, 0.2) is 23.3 Å². The molecule has 318 valence electrons. The van der Waals surface area contributed by atoms with Crippen molar-refractivity contribution < 1.29 is 52.4 Å². The summed E-state index contributed by atoms with van der Waals surface area (Å²) in [5.41, 5.74) is 7.36. The number of alkyl halides is 1. The molecule has 0 radical (unpaired) electrons. The normalized spacial score (nSPS) is 41.6. The molecule has 0 spiro atoms. The molecule has 0 aromatic rings. The van der Waals surface area contributed by atoms with Crippen molar-refractivity contribution in [1.82, 2.24) is 4.90 Å². The van der Waals surface area contributed by atoms with E-state index in [0.717, 1.165) is 24.8 Å². The van der Waals surface area contributed by atoms with Gasteiger partial charge in [-0.1, -0.05) is 39.8 Å². The highest BCUT2D eigenvalue weighted by molar-refractivity contribution is 6.39. The zero-order valence-electron chi connectivity index (χ0n) is 35.2. The average Bonchev–Trinajstić information content (AvgIpc) is 3.18. The number of fused-ring (bicyclic) bond motifs is 3. The van der Waals surface area contributed by atoms with E-state index < -0.39 is 83.4 Å². The maximum absolute atomic E-state index is 16.2. The molecule has 3 heterocycles. The van der Waals surface area contributed by atoms with Crippen LogP contribution in [0.25, 0.3) is 0 Å². The number of nitrogens with two attached hydrogens (primary N) is 1. The summed E-state index contributed by atoms with van der Waals surface area (Å²) in [7, 11) is 4.59. The average molecular weight is 793 g/mol. The Morgan fingerprint density at radius 1 is 1.00 bits per heavy atom. The Bertz CT molecular complexity index is 1450. The number of piperidine rings is 1. The second-order valence-corrected chi connectivity index (χ2v) is 17.3. The molecule has 13 unspecified atom stereocenters. The molecule has 3 aliphatic heterocycles. The number of hydrogen-bond acceptors (Lipinski definition) is 11. The van der Waals surface area contributed by atoms with Gasteiger partial charge in [-0.3, -0.25) is 14.4 Å².